The largest absolute Gasteiger partial charge is 0.418 e. The molecule has 4 nitrogen and oxygen atoms in total. The summed E-state index contributed by atoms with van der Waals surface area (Å²) in [4.78, 5) is 11.8. The van der Waals surface area contributed by atoms with Crippen LogP contribution in [0.1, 0.15) is 25.0 Å². The lowest BCUT2D eigenvalue weighted by molar-refractivity contribution is 0.206. The summed E-state index contributed by atoms with van der Waals surface area (Å²) in [7, 11) is 0. The number of hydrogen-bond donors (Lipinski definition) is 2. The first kappa shape index (κ1) is 15.8. The molecular formula is C18H20N2O2. The van der Waals surface area contributed by atoms with E-state index in [-0.39, 0.29) is 5.84 Å². The molecule has 2 aromatic rings. The van der Waals surface area contributed by atoms with Crippen molar-refractivity contribution in [2.45, 2.75) is 20.3 Å². The third kappa shape index (κ3) is 4.74. The molecule has 114 valence electrons. The molecule has 0 atom stereocenters. The topological polar surface area (TPSA) is 62.2 Å². The van der Waals surface area contributed by atoms with E-state index in [0.29, 0.717) is 17.2 Å². The molecule has 0 saturated carbocycles. The molecule has 0 saturated heterocycles. The maximum atomic E-state index is 11.8. The summed E-state index contributed by atoms with van der Waals surface area (Å²) < 4.78 is 5.18. The zero-order chi connectivity index (χ0) is 15.9. The Morgan fingerprint density at radius 3 is 2.32 bits per heavy atom. The highest BCUT2D eigenvalue weighted by atomic mass is 16.6. The number of carbonyl (C=O) groups is 1. The molecule has 0 heterocycles. The number of amidine groups is 1. The Balaban J connectivity index is 1.90. The van der Waals surface area contributed by atoms with Crippen LogP contribution in [0.2, 0.25) is 0 Å². The van der Waals surface area contributed by atoms with E-state index in [0.717, 1.165) is 6.42 Å². The van der Waals surface area contributed by atoms with Crippen LogP contribution in [-0.4, -0.2) is 11.9 Å². The highest BCUT2D eigenvalue weighted by Gasteiger charge is 2.08. The van der Waals surface area contributed by atoms with Gasteiger partial charge >= 0.3 is 6.09 Å². The summed E-state index contributed by atoms with van der Waals surface area (Å²) in [5.74, 6) is 1.06. The molecule has 1 amide bonds. The van der Waals surface area contributed by atoms with Crippen LogP contribution in [0.15, 0.2) is 54.6 Å². The fourth-order valence-corrected chi connectivity index (χ4v) is 2.08. The molecule has 0 aliphatic carbocycles. The second-order valence-electron chi connectivity index (χ2n) is 5.50. The van der Waals surface area contributed by atoms with Gasteiger partial charge in [0, 0.05) is 5.56 Å². The van der Waals surface area contributed by atoms with E-state index < -0.39 is 6.09 Å². The van der Waals surface area contributed by atoms with Gasteiger partial charge in [-0.3, -0.25) is 10.7 Å². The minimum atomic E-state index is -0.662. The molecule has 0 aromatic heterocycles. The molecule has 22 heavy (non-hydrogen) atoms. The standard InChI is InChI=1S/C18H20N2O2/c1-13(2)12-14-8-10-16(11-9-14)22-18(21)20-17(19)15-6-4-3-5-7-15/h3-11,13H,12H2,1-2H3,(H2,19,20,21). The highest BCUT2D eigenvalue weighted by Crippen LogP contribution is 2.15. The van der Waals surface area contributed by atoms with Crippen LogP contribution >= 0.6 is 0 Å². The molecule has 0 bridgehead atoms. The van der Waals surface area contributed by atoms with Crippen molar-refractivity contribution >= 4 is 11.9 Å². The van der Waals surface area contributed by atoms with Crippen LogP contribution in [0.5, 0.6) is 5.75 Å². The number of nitrogens with one attached hydrogen (secondary N) is 2. The number of amides is 1. The van der Waals surface area contributed by atoms with Gasteiger partial charge in [-0.1, -0.05) is 56.3 Å². The molecule has 2 aromatic carbocycles. The molecule has 2 rings (SSSR count). The number of benzene rings is 2. The Bertz CT molecular complexity index is 634. The van der Waals surface area contributed by atoms with E-state index in [9.17, 15) is 4.79 Å². The minimum Gasteiger partial charge on any atom is -0.410 e. The van der Waals surface area contributed by atoms with Gasteiger partial charge in [-0.05, 0) is 30.0 Å². The summed E-state index contributed by atoms with van der Waals surface area (Å²) in [6.07, 6.45) is 0.330. The summed E-state index contributed by atoms with van der Waals surface area (Å²) in [6, 6.07) is 16.4. The van der Waals surface area contributed by atoms with Gasteiger partial charge in [0.15, 0.2) is 0 Å². The van der Waals surface area contributed by atoms with Crippen LogP contribution in [0.4, 0.5) is 4.79 Å². The zero-order valence-electron chi connectivity index (χ0n) is 12.8. The second-order valence-corrected chi connectivity index (χ2v) is 5.50. The predicted molar refractivity (Wildman–Crippen MR) is 87.4 cm³/mol. The van der Waals surface area contributed by atoms with Crippen molar-refractivity contribution in [3.8, 4) is 5.75 Å². The Hall–Kier alpha value is -2.62. The first-order valence-electron chi connectivity index (χ1n) is 7.26. The van der Waals surface area contributed by atoms with Gasteiger partial charge in [0.1, 0.15) is 11.6 Å². The Morgan fingerprint density at radius 1 is 1.09 bits per heavy atom. The van der Waals surface area contributed by atoms with Crippen LogP contribution in [-0.2, 0) is 6.42 Å². The molecular weight excluding hydrogens is 276 g/mol. The minimum absolute atomic E-state index is 0.0158. The van der Waals surface area contributed by atoms with Crippen molar-refractivity contribution in [3.05, 3.63) is 65.7 Å². The van der Waals surface area contributed by atoms with Crippen molar-refractivity contribution in [3.63, 3.8) is 0 Å². The van der Waals surface area contributed by atoms with Crippen LogP contribution in [0.25, 0.3) is 0 Å². The average molecular weight is 296 g/mol. The Morgan fingerprint density at radius 2 is 1.73 bits per heavy atom. The third-order valence-corrected chi connectivity index (χ3v) is 3.07. The first-order valence-corrected chi connectivity index (χ1v) is 7.26. The Kier molecular flexibility index (Phi) is 5.31. The maximum Gasteiger partial charge on any atom is 0.418 e. The third-order valence-electron chi connectivity index (χ3n) is 3.07. The van der Waals surface area contributed by atoms with E-state index in [2.05, 4.69) is 19.2 Å². The fourth-order valence-electron chi connectivity index (χ4n) is 2.08. The van der Waals surface area contributed by atoms with Crippen molar-refractivity contribution in [2.24, 2.45) is 5.92 Å². The van der Waals surface area contributed by atoms with Gasteiger partial charge in [0.2, 0.25) is 0 Å². The van der Waals surface area contributed by atoms with Crippen LogP contribution in [0.3, 0.4) is 0 Å². The summed E-state index contributed by atoms with van der Waals surface area (Å²) in [5, 5.41) is 10.2. The summed E-state index contributed by atoms with van der Waals surface area (Å²) in [6.45, 7) is 4.32. The van der Waals surface area contributed by atoms with Gasteiger partial charge in [-0.25, -0.2) is 4.79 Å². The predicted octanol–water partition coefficient (Wildman–Crippen LogP) is 4.00. The normalized spacial score (nSPS) is 10.3. The van der Waals surface area contributed by atoms with Gasteiger partial charge in [-0.15, -0.1) is 0 Å². The van der Waals surface area contributed by atoms with E-state index in [1.807, 2.05) is 30.3 Å². The second kappa shape index (κ2) is 7.41. The van der Waals surface area contributed by atoms with E-state index in [1.54, 1.807) is 24.3 Å². The van der Waals surface area contributed by atoms with Crippen LogP contribution in [0, 0.1) is 11.3 Å². The Labute approximate surface area is 130 Å². The zero-order valence-corrected chi connectivity index (χ0v) is 12.8. The molecule has 0 fully saturated rings. The van der Waals surface area contributed by atoms with E-state index in [4.69, 9.17) is 10.1 Å². The number of carbonyl (C=O) groups excluding carboxylic acids is 1. The van der Waals surface area contributed by atoms with Crippen molar-refractivity contribution in [2.75, 3.05) is 0 Å². The smallest absolute Gasteiger partial charge is 0.410 e. The molecule has 2 N–H and O–H groups in total. The van der Waals surface area contributed by atoms with Crippen molar-refractivity contribution in [1.29, 1.82) is 5.41 Å². The molecule has 0 radical (unpaired) electrons. The first-order chi connectivity index (χ1) is 10.5. The van der Waals surface area contributed by atoms with E-state index >= 15 is 0 Å². The quantitative estimate of drug-likeness (QED) is 0.661. The van der Waals surface area contributed by atoms with Gasteiger partial charge in [0.05, 0.1) is 0 Å². The number of rotatable bonds is 4. The maximum absolute atomic E-state index is 11.8. The van der Waals surface area contributed by atoms with Gasteiger partial charge < -0.3 is 4.74 Å². The fraction of sp³-hybridized carbons (Fsp3) is 0.222. The van der Waals surface area contributed by atoms with Crippen LogP contribution < -0.4 is 10.1 Å². The summed E-state index contributed by atoms with van der Waals surface area (Å²) in [5.41, 5.74) is 1.84. The molecule has 0 unspecified atom stereocenters. The molecule has 0 spiro atoms. The summed E-state index contributed by atoms with van der Waals surface area (Å²) >= 11 is 0. The van der Waals surface area contributed by atoms with E-state index in [1.165, 1.54) is 5.56 Å². The lowest BCUT2D eigenvalue weighted by Crippen LogP contribution is -2.32. The molecule has 0 aliphatic heterocycles. The molecule has 0 aliphatic rings. The van der Waals surface area contributed by atoms with Gasteiger partial charge in [0.25, 0.3) is 0 Å². The van der Waals surface area contributed by atoms with Crippen molar-refractivity contribution < 1.29 is 9.53 Å². The lowest BCUT2D eigenvalue weighted by atomic mass is 10.0. The highest BCUT2D eigenvalue weighted by molar-refractivity contribution is 6.04. The number of ether oxygens (including phenoxy) is 1. The SMILES string of the molecule is CC(C)Cc1ccc(OC(=O)NC(=N)c2ccccc2)cc1. The number of hydrogen-bond acceptors (Lipinski definition) is 3. The average Bonchev–Trinajstić information content (AvgIpc) is 2.49. The van der Waals surface area contributed by atoms with Gasteiger partial charge in [-0.2, -0.15) is 0 Å². The molecule has 4 heteroatoms. The van der Waals surface area contributed by atoms with Crippen molar-refractivity contribution in [1.82, 2.24) is 5.32 Å². The monoisotopic (exact) mass is 296 g/mol. The lowest BCUT2D eigenvalue weighted by Gasteiger charge is -2.09.